The molecule has 0 atom stereocenters. The first-order valence-electron chi connectivity index (χ1n) is 8.92. The highest BCUT2D eigenvalue weighted by molar-refractivity contribution is 6.32. The lowest BCUT2D eigenvalue weighted by atomic mass is 10.1. The Bertz CT molecular complexity index is 1040. The second kappa shape index (κ2) is 9.30. The van der Waals surface area contributed by atoms with Crippen molar-refractivity contribution in [3.05, 3.63) is 70.4 Å². The number of hydrogen-bond acceptors (Lipinski definition) is 5. The monoisotopic (exact) mass is 412 g/mol. The minimum atomic E-state index is -0.365. The normalized spacial score (nSPS) is 10.9. The minimum absolute atomic E-state index is 0.130. The van der Waals surface area contributed by atoms with E-state index in [-0.39, 0.29) is 12.5 Å². The number of hydrogen-bond donors (Lipinski definition) is 1. The van der Waals surface area contributed by atoms with Gasteiger partial charge >= 0.3 is 0 Å². The Kier molecular flexibility index (Phi) is 6.57. The van der Waals surface area contributed by atoms with Crippen molar-refractivity contribution < 1.29 is 18.7 Å². The smallest absolute Gasteiger partial charge is 0.277 e. The maximum absolute atomic E-state index is 11.9. The summed E-state index contributed by atoms with van der Waals surface area (Å²) in [4.78, 5) is 11.9. The quantitative estimate of drug-likeness (QED) is 0.448. The Morgan fingerprint density at radius 1 is 1.17 bits per heavy atom. The summed E-state index contributed by atoms with van der Waals surface area (Å²) in [6, 6.07) is 14.6. The average Bonchev–Trinajstić information content (AvgIpc) is 3.18. The largest absolute Gasteiger partial charge is 0.495 e. The van der Waals surface area contributed by atoms with Gasteiger partial charge in [-0.05, 0) is 61.4 Å². The van der Waals surface area contributed by atoms with E-state index in [1.165, 1.54) is 6.21 Å². The number of ether oxygens (including phenoxy) is 2. The Balaban J connectivity index is 1.55. The van der Waals surface area contributed by atoms with Crippen LogP contribution in [-0.2, 0) is 4.79 Å². The predicted molar refractivity (Wildman–Crippen MR) is 113 cm³/mol. The highest BCUT2D eigenvalue weighted by Crippen LogP contribution is 2.30. The number of amides is 1. The van der Waals surface area contributed by atoms with Crippen molar-refractivity contribution in [2.45, 2.75) is 13.8 Å². The van der Waals surface area contributed by atoms with E-state index in [4.69, 9.17) is 25.5 Å². The fourth-order valence-electron chi connectivity index (χ4n) is 2.62. The molecule has 3 rings (SSSR count). The first-order chi connectivity index (χ1) is 14.0. The van der Waals surface area contributed by atoms with Gasteiger partial charge in [0, 0.05) is 5.56 Å². The van der Waals surface area contributed by atoms with Gasteiger partial charge < -0.3 is 13.9 Å². The molecule has 0 bridgehead atoms. The van der Waals surface area contributed by atoms with Crippen LogP contribution in [0.3, 0.4) is 0 Å². The Labute approximate surface area is 174 Å². The zero-order chi connectivity index (χ0) is 20.8. The summed E-state index contributed by atoms with van der Waals surface area (Å²) in [6.07, 6.45) is 1.42. The molecule has 1 amide bonds. The molecular weight excluding hydrogens is 392 g/mol. The van der Waals surface area contributed by atoms with E-state index < -0.39 is 0 Å². The maximum atomic E-state index is 11.9. The van der Waals surface area contributed by atoms with Crippen LogP contribution in [0.15, 0.2) is 58.0 Å². The summed E-state index contributed by atoms with van der Waals surface area (Å²) in [5, 5.41) is 4.39. The van der Waals surface area contributed by atoms with Crippen LogP contribution in [0.2, 0.25) is 5.02 Å². The molecule has 0 aliphatic rings. The number of aryl methyl sites for hydroxylation is 1. The Hall–Kier alpha value is -3.25. The summed E-state index contributed by atoms with van der Waals surface area (Å²) < 4.78 is 16.4. The molecule has 6 nitrogen and oxygen atoms in total. The van der Waals surface area contributed by atoms with Crippen LogP contribution in [0.4, 0.5) is 0 Å². The van der Waals surface area contributed by atoms with E-state index in [0.717, 1.165) is 16.7 Å². The second-order valence-electron chi connectivity index (χ2n) is 6.33. The molecule has 3 aromatic rings. The Morgan fingerprint density at radius 3 is 2.76 bits per heavy atom. The van der Waals surface area contributed by atoms with Gasteiger partial charge in [0.1, 0.15) is 23.0 Å². The molecule has 150 valence electrons. The lowest BCUT2D eigenvalue weighted by molar-refractivity contribution is -0.123. The van der Waals surface area contributed by atoms with Crippen LogP contribution >= 0.6 is 11.6 Å². The number of nitrogens with zero attached hydrogens (tertiary/aromatic N) is 1. The lowest BCUT2D eigenvalue weighted by Gasteiger charge is -2.09. The molecule has 0 fully saturated rings. The van der Waals surface area contributed by atoms with Gasteiger partial charge in [0.2, 0.25) is 0 Å². The lowest BCUT2D eigenvalue weighted by Crippen LogP contribution is -2.24. The van der Waals surface area contributed by atoms with Crippen LogP contribution in [-0.4, -0.2) is 25.8 Å². The number of rotatable bonds is 7. The molecule has 7 heteroatoms. The van der Waals surface area contributed by atoms with Crippen LogP contribution in [0, 0.1) is 13.8 Å². The maximum Gasteiger partial charge on any atom is 0.277 e. The summed E-state index contributed by atoms with van der Waals surface area (Å²) in [6.45, 7) is 3.81. The van der Waals surface area contributed by atoms with Gasteiger partial charge in [-0.1, -0.05) is 23.7 Å². The fourth-order valence-corrected chi connectivity index (χ4v) is 2.88. The second-order valence-corrected chi connectivity index (χ2v) is 6.74. The molecule has 2 aromatic carbocycles. The van der Waals surface area contributed by atoms with Crippen LogP contribution < -0.4 is 14.9 Å². The molecule has 1 heterocycles. The van der Waals surface area contributed by atoms with Gasteiger partial charge in [-0.3, -0.25) is 4.79 Å². The number of carbonyl (C=O) groups excluding carboxylic acids is 1. The zero-order valence-electron chi connectivity index (χ0n) is 16.4. The topological polar surface area (TPSA) is 73.1 Å². The molecule has 0 aliphatic carbocycles. The number of furan rings is 1. The number of benzene rings is 2. The minimum Gasteiger partial charge on any atom is -0.495 e. The van der Waals surface area contributed by atoms with Crippen LogP contribution in [0.5, 0.6) is 11.5 Å². The molecule has 0 saturated carbocycles. The highest BCUT2D eigenvalue weighted by atomic mass is 35.5. The first kappa shape index (κ1) is 20.5. The molecule has 0 saturated heterocycles. The van der Waals surface area contributed by atoms with Crippen molar-refractivity contribution in [1.82, 2.24) is 5.43 Å². The number of nitrogens with one attached hydrogen (secondary N) is 1. The van der Waals surface area contributed by atoms with Crippen molar-refractivity contribution in [1.29, 1.82) is 0 Å². The van der Waals surface area contributed by atoms with Gasteiger partial charge in [-0.25, -0.2) is 5.43 Å². The first-order valence-corrected chi connectivity index (χ1v) is 9.30. The SMILES string of the molecule is COc1ccc(-c2ccc(/C=N\NC(=O)COc3cccc(C)c3C)o2)cc1Cl. The van der Waals surface area contributed by atoms with Gasteiger partial charge in [-0.2, -0.15) is 5.10 Å². The fraction of sp³-hybridized carbons (Fsp3) is 0.182. The third-order valence-corrected chi connectivity index (χ3v) is 4.65. The van der Waals surface area contributed by atoms with E-state index in [0.29, 0.717) is 28.0 Å². The highest BCUT2D eigenvalue weighted by Gasteiger charge is 2.08. The van der Waals surface area contributed by atoms with Crippen LogP contribution in [0.25, 0.3) is 11.3 Å². The van der Waals surface area contributed by atoms with Gasteiger partial charge in [0.15, 0.2) is 6.61 Å². The van der Waals surface area contributed by atoms with Crippen LogP contribution in [0.1, 0.15) is 16.9 Å². The summed E-state index contributed by atoms with van der Waals surface area (Å²) in [7, 11) is 1.56. The molecule has 0 radical (unpaired) electrons. The molecule has 29 heavy (non-hydrogen) atoms. The van der Waals surface area contributed by atoms with E-state index >= 15 is 0 Å². The molecule has 1 N–H and O–H groups in total. The van der Waals surface area contributed by atoms with Crippen molar-refractivity contribution in [3.63, 3.8) is 0 Å². The third-order valence-electron chi connectivity index (χ3n) is 4.36. The number of halogens is 1. The number of hydrazone groups is 1. The van der Waals surface area contributed by atoms with E-state index in [1.807, 2.05) is 38.1 Å². The standard InChI is InChI=1S/C22H21ClN2O4/c1-14-5-4-6-19(15(14)2)28-13-22(26)25-24-12-17-8-10-20(29-17)16-7-9-21(27-3)18(23)11-16/h4-12H,13H2,1-3H3,(H,25,26)/b24-12-. The van der Waals surface area contributed by atoms with Crippen molar-refractivity contribution in [2.75, 3.05) is 13.7 Å². The average molecular weight is 413 g/mol. The van der Waals surface area contributed by atoms with E-state index in [1.54, 1.807) is 31.4 Å². The van der Waals surface area contributed by atoms with Crippen molar-refractivity contribution in [3.8, 4) is 22.8 Å². The number of methoxy groups -OCH3 is 1. The van der Waals surface area contributed by atoms with Crippen molar-refractivity contribution in [2.24, 2.45) is 5.10 Å². The molecule has 0 unspecified atom stereocenters. The molecular formula is C22H21ClN2O4. The van der Waals surface area contributed by atoms with Gasteiger partial charge in [0.05, 0.1) is 18.3 Å². The molecule has 1 aromatic heterocycles. The van der Waals surface area contributed by atoms with Gasteiger partial charge in [0.25, 0.3) is 5.91 Å². The Morgan fingerprint density at radius 2 is 2.00 bits per heavy atom. The summed E-state index contributed by atoms with van der Waals surface area (Å²) in [5.41, 5.74) is 5.33. The van der Waals surface area contributed by atoms with Crippen molar-refractivity contribution >= 4 is 23.7 Å². The number of carbonyl (C=O) groups is 1. The van der Waals surface area contributed by atoms with Gasteiger partial charge in [-0.15, -0.1) is 0 Å². The van der Waals surface area contributed by atoms with E-state index in [2.05, 4.69) is 10.5 Å². The third kappa shape index (κ3) is 5.18. The molecule has 0 spiro atoms. The zero-order valence-corrected chi connectivity index (χ0v) is 17.1. The van der Waals surface area contributed by atoms with E-state index in [9.17, 15) is 4.79 Å². The summed E-state index contributed by atoms with van der Waals surface area (Å²) >= 11 is 6.14. The predicted octanol–water partition coefficient (Wildman–Crippen LogP) is 4.75. The summed E-state index contributed by atoms with van der Waals surface area (Å²) in [5.74, 6) is 2.02. The molecule has 0 aliphatic heterocycles.